The van der Waals surface area contributed by atoms with Crippen LogP contribution in [0.5, 0.6) is 0 Å². The van der Waals surface area contributed by atoms with E-state index in [9.17, 15) is 4.79 Å². The largest absolute Gasteiger partial charge is 0.379 e. The van der Waals surface area contributed by atoms with E-state index in [1.54, 1.807) is 0 Å². The molecule has 2 rings (SSSR count). The molecule has 2 heterocycles. The maximum atomic E-state index is 12.5. The molecule has 20 heavy (non-hydrogen) atoms. The van der Waals surface area contributed by atoms with Crippen LogP contribution >= 0.6 is 0 Å². The molecule has 0 aromatic rings. The Hall–Kier alpha value is -0.650. The third-order valence-corrected chi connectivity index (χ3v) is 4.36. The van der Waals surface area contributed by atoms with E-state index >= 15 is 0 Å². The molecule has 1 N–H and O–H groups in total. The van der Waals surface area contributed by atoms with Crippen molar-refractivity contribution >= 4 is 5.91 Å². The zero-order chi connectivity index (χ0) is 14.4. The molecule has 2 saturated heterocycles. The SMILES string of the molecule is CCOCCOC1CCN(C(=O)C2(C)CCCN2)CC1. The van der Waals surface area contributed by atoms with Gasteiger partial charge in [-0.1, -0.05) is 0 Å². The molecule has 0 saturated carbocycles. The van der Waals surface area contributed by atoms with Crippen molar-refractivity contribution in [2.75, 3.05) is 39.5 Å². The molecule has 2 aliphatic heterocycles. The van der Waals surface area contributed by atoms with Crippen LogP contribution in [0.2, 0.25) is 0 Å². The minimum absolute atomic E-state index is 0.266. The summed E-state index contributed by atoms with van der Waals surface area (Å²) in [4.78, 5) is 14.5. The van der Waals surface area contributed by atoms with Crippen molar-refractivity contribution < 1.29 is 14.3 Å². The lowest BCUT2D eigenvalue weighted by Gasteiger charge is -2.36. The molecule has 0 aromatic heterocycles. The van der Waals surface area contributed by atoms with E-state index < -0.39 is 0 Å². The summed E-state index contributed by atoms with van der Waals surface area (Å²) in [6.45, 7) is 8.67. The average Bonchev–Trinajstić information content (AvgIpc) is 2.92. The van der Waals surface area contributed by atoms with Crippen LogP contribution in [-0.2, 0) is 14.3 Å². The van der Waals surface area contributed by atoms with Gasteiger partial charge in [0.1, 0.15) is 0 Å². The van der Waals surface area contributed by atoms with Crippen molar-refractivity contribution in [1.82, 2.24) is 10.2 Å². The van der Waals surface area contributed by atoms with Gasteiger partial charge in [0.25, 0.3) is 0 Å². The van der Waals surface area contributed by atoms with Crippen LogP contribution in [-0.4, -0.2) is 61.9 Å². The highest BCUT2D eigenvalue weighted by Gasteiger charge is 2.39. The number of likely N-dealkylation sites (tertiary alicyclic amines) is 1. The molecule has 5 nitrogen and oxygen atoms in total. The van der Waals surface area contributed by atoms with Gasteiger partial charge in [-0.3, -0.25) is 4.79 Å². The van der Waals surface area contributed by atoms with Crippen LogP contribution in [0.4, 0.5) is 0 Å². The van der Waals surface area contributed by atoms with E-state index in [1.807, 2.05) is 18.7 Å². The molecule has 0 bridgehead atoms. The number of ether oxygens (including phenoxy) is 2. The summed E-state index contributed by atoms with van der Waals surface area (Å²) >= 11 is 0. The first kappa shape index (κ1) is 15.7. The van der Waals surface area contributed by atoms with Crippen molar-refractivity contribution in [2.45, 2.75) is 51.2 Å². The second kappa shape index (κ2) is 7.38. The maximum absolute atomic E-state index is 12.5. The third-order valence-electron chi connectivity index (χ3n) is 4.36. The summed E-state index contributed by atoms with van der Waals surface area (Å²) < 4.78 is 11.1. The Morgan fingerprint density at radius 2 is 2.10 bits per heavy atom. The summed E-state index contributed by atoms with van der Waals surface area (Å²) in [5.41, 5.74) is -0.331. The second-order valence-electron chi connectivity index (χ2n) is 5.92. The molecule has 2 aliphatic rings. The molecule has 116 valence electrons. The predicted molar refractivity (Wildman–Crippen MR) is 77.7 cm³/mol. The van der Waals surface area contributed by atoms with E-state index in [4.69, 9.17) is 9.47 Å². The normalized spacial score (nSPS) is 28.0. The number of piperidine rings is 1. The Labute approximate surface area is 122 Å². The van der Waals surface area contributed by atoms with Crippen molar-refractivity contribution in [3.8, 4) is 0 Å². The Bertz CT molecular complexity index is 308. The number of nitrogens with zero attached hydrogens (tertiary/aromatic N) is 1. The molecule has 1 amide bonds. The number of carbonyl (C=O) groups is 1. The summed E-state index contributed by atoms with van der Waals surface area (Å²) in [5.74, 6) is 0.266. The number of carbonyl (C=O) groups excluding carboxylic acids is 1. The molecular formula is C15H28N2O3. The zero-order valence-electron chi connectivity index (χ0n) is 12.8. The predicted octanol–water partition coefficient (Wildman–Crippen LogP) is 1.17. The van der Waals surface area contributed by atoms with Gasteiger partial charge in [0.2, 0.25) is 5.91 Å². The van der Waals surface area contributed by atoms with Crippen molar-refractivity contribution in [2.24, 2.45) is 0 Å². The molecular weight excluding hydrogens is 256 g/mol. The monoisotopic (exact) mass is 284 g/mol. The van der Waals surface area contributed by atoms with E-state index in [-0.39, 0.29) is 17.6 Å². The Balaban J connectivity index is 1.70. The highest BCUT2D eigenvalue weighted by molar-refractivity contribution is 5.86. The van der Waals surface area contributed by atoms with E-state index in [2.05, 4.69) is 5.32 Å². The van der Waals surface area contributed by atoms with E-state index in [0.717, 1.165) is 51.9 Å². The topological polar surface area (TPSA) is 50.8 Å². The Kier molecular flexibility index (Phi) is 5.81. The summed E-state index contributed by atoms with van der Waals surface area (Å²) in [7, 11) is 0. The summed E-state index contributed by atoms with van der Waals surface area (Å²) in [5, 5.41) is 3.35. The molecule has 5 heteroatoms. The highest BCUT2D eigenvalue weighted by Crippen LogP contribution is 2.24. The van der Waals surface area contributed by atoms with Gasteiger partial charge in [0.05, 0.1) is 24.9 Å². The van der Waals surface area contributed by atoms with Crippen LogP contribution in [0.15, 0.2) is 0 Å². The second-order valence-corrected chi connectivity index (χ2v) is 5.92. The molecule has 0 spiro atoms. The summed E-state index contributed by atoms with van der Waals surface area (Å²) in [6, 6.07) is 0. The van der Waals surface area contributed by atoms with Crippen LogP contribution in [0.25, 0.3) is 0 Å². The molecule has 1 atom stereocenters. The van der Waals surface area contributed by atoms with Gasteiger partial charge >= 0.3 is 0 Å². The minimum Gasteiger partial charge on any atom is -0.379 e. The Morgan fingerprint density at radius 1 is 1.35 bits per heavy atom. The van der Waals surface area contributed by atoms with Crippen LogP contribution in [0.3, 0.4) is 0 Å². The van der Waals surface area contributed by atoms with Gasteiger partial charge in [-0.15, -0.1) is 0 Å². The van der Waals surface area contributed by atoms with E-state index in [1.165, 1.54) is 0 Å². The van der Waals surface area contributed by atoms with Gasteiger partial charge in [-0.2, -0.15) is 0 Å². The van der Waals surface area contributed by atoms with Crippen molar-refractivity contribution in [3.63, 3.8) is 0 Å². The van der Waals surface area contributed by atoms with Gasteiger partial charge in [-0.05, 0) is 46.1 Å². The molecule has 0 radical (unpaired) electrons. The highest BCUT2D eigenvalue weighted by atomic mass is 16.5. The fraction of sp³-hybridized carbons (Fsp3) is 0.933. The number of hydrogen-bond donors (Lipinski definition) is 1. The van der Waals surface area contributed by atoms with Gasteiger partial charge in [-0.25, -0.2) is 0 Å². The first-order chi connectivity index (χ1) is 9.65. The number of rotatable bonds is 6. The molecule has 2 fully saturated rings. The van der Waals surface area contributed by atoms with Crippen molar-refractivity contribution in [3.05, 3.63) is 0 Å². The molecule has 1 unspecified atom stereocenters. The van der Waals surface area contributed by atoms with Gasteiger partial charge in [0, 0.05) is 19.7 Å². The Morgan fingerprint density at radius 3 is 2.70 bits per heavy atom. The lowest BCUT2D eigenvalue weighted by atomic mass is 9.96. The van der Waals surface area contributed by atoms with Gasteiger partial charge in [0.15, 0.2) is 0 Å². The quantitative estimate of drug-likeness (QED) is 0.744. The standard InChI is InChI=1S/C15H28N2O3/c1-3-19-11-12-20-13-5-9-17(10-6-13)14(18)15(2)7-4-8-16-15/h13,16H,3-12H2,1-2H3. The fourth-order valence-electron chi connectivity index (χ4n) is 3.07. The molecule has 0 aromatic carbocycles. The number of nitrogens with one attached hydrogen (secondary N) is 1. The number of amides is 1. The van der Waals surface area contributed by atoms with Crippen LogP contribution in [0.1, 0.15) is 39.5 Å². The van der Waals surface area contributed by atoms with Crippen LogP contribution < -0.4 is 5.32 Å². The molecule has 0 aliphatic carbocycles. The smallest absolute Gasteiger partial charge is 0.242 e. The first-order valence-electron chi connectivity index (χ1n) is 7.89. The number of hydrogen-bond acceptors (Lipinski definition) is 4. The fourth-order valence-corrected chi connectivity index (χ4v) is 3.07. The van der Waals surface area contributed by atoms with Crippen molar-refractivity contribution in [1.29, 1.82) is 0 Å². The zero-order valence-corrected chi connectivity index (χ0v) is 12.8. The third kappa shape index (κ3) is 3.93. The van der Waals surface area contributed by atoms with E-state index in [0.29, 0.717) is 13.2 Å². The lowest BCUT2D eigenvalue weighted by molar-refractivity contribution is -0.140. The average molecular weight is 284 g/mol. The lowest BCUT2D eigenvalue weighted by Crippen LogP contribution is -2.55. The summed E-state index contributed by atoms with van der Waals surface area (Å²) in [6.07, 6.45) is 4.21. The first-order valence-corrected chi connectivity index (χ1v) is 7.89. The van der Waals surface area contributed by atoms with Gasteiger partial charge < -0.3 is 19.7 Å². The maximum Gasteiger partial charge on any atom is 0.242 e. The van der Waals surface area contributed by atoms with Crippen LogP contribution in [0, 0.1) is 0 Å². The minimum atomic E-state index is -0.331.